The predicted octanol–water partition coefficient (Wildman–Crippen LogP) is 2.10. The molecule has 0 spiro atoms. The van der Waals surface area contributed by atoms with Crippen molar-refractivity contribution in [3.8, 4) is 0 Å². The number of hydrogen-bond acceptors (Lipinski definition) is 4. The van der Waals surface area contributed by atoms with Gasteiger partial charge in [-0.2, -0.15) is 0 Å². The van der Waals surface area contributed by atoms with Crippen molar-refractivity contribution in [2.24, 2.45) is 11.3 Å². The van der Waals surface area contributed by atoms with Gasteiger partial charge in [-0.25, -0.2) is 0 Å². The van der Waals surface area contributed by atoms with E-state index in [1.54, 1.807) is 0 Å². The first-order chi connectivity index (χ1) is 8.69. The van der Waals surface area contributed by atoms with E-state index in [2.05, 4.69) is 19.2 Å². The Labute approximate surface area is 116 Å². The smallest absolute Gasteiger partial charge is 0.309 e. The van der Waals surface area contributed by atoms with Gasteiger partial charge in [0.1, 0.15) is 0 Å². The van der Waals surface area contributed by atoms with Crippen LogP contribution in [-0.4, -0.2) is 36.4 Å². The van der Waals surface area contributed by atoms with E-state index >= 15 is 0 Å². The summed E-state index contributed by atoms with van der Waals surface area (Å²) in [7, 11) is 1.41. The molecule has 0 radical (unpaired) electrons. The van der Waals surface area contributed by atoms with Crippen molar-refractivity contribution in [2.45, 2.75) is 65.0 Å². The lowest BCUT2D eigenvalue weighted by atomic mass is 9.71. The minimum Gasteiger partial charge on any atom is -0.469 e. The number of esters is 1. The van der Waals surface area contributed by atoms with Gasteiger partial charge in [0.15, 0.2) is 0 Å². The van der Waals surface area contributed by atoms with Crippen LogP contribution >= 0.6 is 0 Å². The van der Waals surface area contributed by atoms with Crippen molar-refractivity contribution in [1.82, 2.24) is 5.32 Å². The first-order valence-corrected chi connectivity index (χ1v) is 7.23. The molecule has 0 saturated heterocycles. The van der Waals surface area contributed by atoms with Crippen molar-refractivity contribution in [2.75, 3.05) is 13.7 Å². The molecule has 1 aliphatic rings. The molecule has 1 fully saturated rings. The summed E-state index contributed by atoms with van der Waals surface area (Å²) in [6.07, 6.45) is 3.75. The summed E-state index contributed by atoms with van der Waals surface area (Å²) < 4.78 is 4.74. The molecule has 0 bridgehead atoms. The number of aliphatic hydroxyl groups is 1. The molecular formula is C15H29NO3. The van der Waals surface area contributed by atoms with Crippen molar-refractivity contribution in [3.05, 3.63) is 0 Å². The molecule has 1 aliphatic carbocycles. The van der Waals surface area contributed by atoms with E-state index in [1.807, 2.05) is 13.8 Å². The quantitative estimate of drug-likeness (QED) is 0.752. The van der Waals surface area contributed by atoms with Crippen LogP contribution in [0, 0.1) is 11.3 Å². The Morgan fingerprint density at radius 2 is 1.79 bits per heavy atom. The molecule has 0 amide bonds. The fourth-order valence-electron chi connectivity index (χ4n) is 2.49. The summed E-state index contributed by atoms with van der Waals surface area (Å²) >= 11 is 0. The van der Waals surface area contributed by atoms with Crippen LogP contribution in [0.5, 0.6) is 0 Å². The van der Waals surface area contributed by atoms with Crippen LogP contribution in [0.1, 0.15) is 53.4 Å². The summed E-state index contributed by atoms with van der Waals surface area (Å²) in [5.41, 5.74) is -0.281. The van der Waals surface area contributed by atoms with Gasteiger partial charge in [-0.15, -0.1) is 0 Å². The van der Waals surface area contributed by atoms with Gasteiger partial charge >= 0.3 is 5.97 Å². The molecule has 0 aromatic rings. The number of rotatable bonds is 5. The number of hydrogen-bond donors (Lipinski definition) is 2. The van der Waals surface area contributed by atoms with Crippen LogP contribution in [-0.2, 0) is 9.53 Å². The Hall–Kier alpha value is -0.610. The Balaban J connectivity index is 2.42. The number of carbonyl (C=O) groups excluding carboxylic acids is 1. The van der Waals surface area contributed by atoms with Gasteiger partial charge < -0.3 is 15.2 Å². The lowest BCUT2D eigenvalue weighted by Gasteiger charge is -2.41. The molecule has 2 atom stereocenters. The maximum atomic E-state index is 11.4. The highest BCUT2D eigenvalue weighted by atomic mass is 16.5. The molecule has 0 aliphatic heterocycles. The molecule has 2 unspecified atom stereocenters. The highest BCUT2D eigenvalue weighted by Crippen LogP contribution is 2.39. The zero-order chi connectivity index (χ0) is 14.7. The SMILES string of the molecule is COC(=O)C(C)C(C)NCC1(O)CCC(C)(C)CC1. The second-order valence-corrected chi connectivity index (χ2v) is 6.87. The maximum absolute atomic E-state index is 11.4. The summed E-state index contributed by atoms with van der Waals surface area (Å²) in [5, 5.41) is 13.8. The normalized spacial score (nSPS) is 24.5. The predicted molar refractivity (Wildman–Crippen MR) is 75.8 cm³/mol. The number of carbonyl (C=O) groups is 1. The first kappa shape index (κ1) is 16.4. The second kappa shape index (κ2) is 6.23. The van der Waals surface area contributed by atoms with E-state index in [1.165, 1.54) is 7.11 Å². The van der Waals surface area contributed by atoms with E-state index in [0.717, 1.165) is 25.7 Å². The number of nitrogens with one attached hydrogen (secondary N) is 1. The van der Waals surface area contributed by atoms with E-state index < -0.39 is 5.60 Å². The van der Waals surface area contributed by atoms with Gasteiger partial charge in [-0.1, -0.05) is 20.8 Å². The minimum atomic E-state index is -0.625. The topological polar surface area (TPSA) is 58.6 Å². The van der Waals surface area contributed by atoms with Crippen LogP contribution < -0.4 is 5.32 Å². The molecule has 0 aromatic carbocycles. The molecule has 2 N–H and O–H groups in total. The molecule has 4 nitrogen and oxygen atoms in total. The lowest BCUT2D eigenvalue weighted by Crippen LogP contribution is -2.49. The fourth-order valence-corrected chi connectivity index (χ4v) is 2.49. The molecule has 0 aromatic heterocycles. The minimum absolute atomic E-state index is 0.00594. The molecule has 19 heavy (non-hydrogen) atoms. The molecule has 1 saturated carbocycles. The van der Waals surface area contributed by atoms with Crippen LogP contribution in [0.25, 0.3) is 0 Å². The summed E-state index contributed by atoms with van der Waals surface area (Å²) in [6.45, 7) is 8.85. The molecular weight excluding hydrogens is 242 g/mol. The van der Waals surface area contributed by atoms with E-state index in [4.69, 9.17) is 4.74 Å². The molecule has 4 heteroatoms. The van der Waals surface area contributed by atoms with Gasteiger partial charge in [-0.3, -0.25) is 4.79 Å². The zero-order valence-electron chi connectivity index (χ0n) is 13.0. The summed E-state index contributed by atoms with van der Waals surface area (Å²) in [4.78, 5) is 11.4. The molecule has 1 rings (SSSR count). The third kappa shape index (κ3) is 4.77. The van der Waals surface area contributed by atoms with E-state index in [9.17, 15) is 9.90 Å². The van der Waals surface area contributed by atoms with Crippen molar-refractivity contribution < 1.29 is 14.6 Å². The van der Waals surface area contributed by atoms with Crippen LogP contribution in [0.3, 0.4) is 0 Å². The third-order valence-corrected chi connectivity index (χ3v) is 4.61. The average Bonchev–Trinajstić information content (AvgIpc) is 2.38. The molecule has 112 valence electrons. The third-order valence-electron chi connectivity index (χ3n) is 4.61. The summed E-state index contributed by atoms with van der Waals surface area (Å²) in [5.74, 6) is -0.412. The van der Waals surface area contributed by atoms with Crippen molar-refractivity contribution in [3.63, 3.8) is 0 Å². The Morgan fingerprint density at radius 1 is 1.26 bits per heavy atom. The van der Waals surface area contributed by atoms with Crippen LogP contribution in [0.4, 0.5) is 0 Å². The van der Waals surface area contributed by atoms with Crippen LogP contribution in [0.15, 0.2) is 0 Å². The van der Waals surface area contributed by atoms with Gasteiger partial charge in [0, 0.05) is 12.6 Å². The second-order valence-electron chi connectivity index (χ2n) is 6.87. The lowest BCUT2D eigenvalue weighted by molar-refractivity contribution is -0.145. The Kier molecular flexibility index (Phi) is 5.39. The zero-order valence-corrected chi connectivity index (χ0v) is 13.0. The standard InChI is InChI=1S/C15H29NO3/c1-11(13(17)19-5)12(2)16-10-15(18)8-6-14(3,4)7-9-15/h11-12,16,18H,6-10H2,1-5H3. The van der Waals surface area contributed by atoms with E-state index in [-0.39, 0.29) is 17.9 Å². The van der Waals surface area contributed by atoms with Gasteiger partial charge in [0.05, 0.1) is 18.6 Å². The maximum Gasteiger partial charge on any atom is 0.309 e. The molecule has 0 heterocycles. The highest BCUT2D eigenvalue weighted by Gasteiger charge is 2.37. The van der Waals surface area contributed by atoms with Crippen LogP contribution in [0.2, 0.25) is 0 Å². The van der Waals surface area contributed by atoms with E-state index in [0.29, 0.717) is 12.0 Å². The van der Waals surface area contributed by atoms with Gasteiger partial charge in [-0.05, 0) is 38.0 Å². The first-order valence-electron chi connectivity index (χ1n) is 7.23. The highest BCUT2D eigenvalue weighted by molar-refractivity contribution is 5.72. The van der Waals surface area contributed by atoms with Gasteiger partial charge in [0.2, 0.25) is 0 Å². The number of methoxy groups -OCH3 is 1. The number of ether oxygens (including phenoxy) is 1. The Morgan fingerprint density at radius 3 is 2.26 bits per heavy atom. The van der Waals surface area contributed by atoms with Crippen molar-refractivity contribution >= 4 is 5.97 Å². The average molecular weight is 271 g/mol. The van der Waals surface area contributed by atoms with Gasteiger partial charge in [0.25, 0.3) is 0 Å². The largest absolute Gasteiger partial charge is 0.469 e. The van der Waals surface area contributed by atoms with Crippen molar-refractivity contribution in [1.29, 1.82) is 0 Å². The monoisotopic (exact) mass is 271 g/mol. The fraction of sp³-hybridized carbons (Fsp3) is 0.933. The summed E-state index contributed by atoms with van der Waals surface area (Å²) in [6, 6.07) is 0.00594. The Bertz CT molecular complexity index is 305.